The molecule has 0 saturated heterocycles. The second kappa shape index (κ2) is 8.61. The number of nitrogens with one attached hydrogen (secondary N) is 1. The van der Waals surface area contributed by atoms with E-state index < -0.39 is 0 Å². The number of nitrogens with zero attached hydrogens (tertiary/aromatic N) is 2. The van der Waals surface area contributed by atoms with Gasteiger partial charge < -0.3 is 5.32 Å². The molecular formula is C20H16ClN3OS. The summed E-state index contributed by atoms with van der Waals surface area (Å²) in [5.41, 5.74) is 2.76. The zero-order chi connectivity index (χ0) is 18.4. The number of aryl methyl sites for hydroxylation is 1. The Labute approximate surface area is 161 Å². The van der Waals surface area contributed by atoms with E-state index in [9.17, 15) is 4.79 Å². The van der Waals surface area contributed by atoms with E-state index in [1.807, 2.05) is 36.4 Å². The Morgan fingerprint density at radius 3 is 2.73 bits per heavy atom. The molecule has 6 heteroatoms. The van der Waals surface area contributed by atoms with Gasteiger partial charge in [0.25, 0.3) is 0 Å². The van der Waals surface area contributed by atoms with Crippen molar-refractivity contribution in [2.45, 2.75) is 19.3 Å². The Morgan fingerprint density at radius 1 is 1.19 bits per heavy atom. The van der Waals surface area contributed by atoms with Gasteiger partial charge in [-0.3, -0.25) is 4.79 Å². The Morgan fingerprint density at radius 2 is 2.00 bits per heavy atom. The zero-order valence-electron chi connectivity index (χ0n) is 13.9. The topological polar surface area (TPSA) is 65.8 Å². The minimum absolute atomic E-state index is 0.0713. The van der Waals surface area contributed by atoms with E-state index in [1.54, 1.807) is 18.3 Å². The smallest absolute Gasteiger partial charge is 0.226 e. The number of anilines is 1. The van der Waals surface area contributed by atoms with Crippen molar-refractivity contribution in [3.8, 4) is 6.07 Å². The van der Waals surface area contributed by atoms with Crippen molar-refractivity contribution in [3.05, 3.63) is 81.3 Å². The maximum absolute atomic E-state index is 12.1. The van der Waals surface area contributed by atoms with Crippen LogP contribution < -0.4 is 5.32 Å². The summed E-state index contributed by atoms with van der Waals surface area (Å²) in [5.74, 6) is -0.0713. The lowest BCUT2D eigenvalue weighted by Crippen LogP contribution is -2.11. The molecule has 0 aliphatic rings. The molecule has 1 aromatic heterocycles. The summed E-state index contributed by atoms with van der Waals surface area (Å²) in [7, 11) is 0. The molecule has 0 radical (unpaired) electrons. The average molecular weight is 382 g/mol. The summed E-state index contributed by atoms with van der Waals surface area (Å²) in [5, 5.41) is 13.0. The van der Waals surface area contributed by atoms with Crippen LogP contribution in [-0.4, -0.2) is 10.9 Å². The minimum atomic E-state index is -0.0713. The molecule has 130 valence electrons. The van der Waals surface area contributed by atoms with Crippen molar-refractivity contribution in [1.82, 2.24) is 4.98 Å². The first kappa shape index (κ1) is 18.1. The molecule has 0 fully saturated rings. The number of carbonyl (C=O) groups excluding carboxylic acids is 1. The fourth-order valence-electron chi connectivity index (χ4n) is 2.48. The Bertz CT molecular complexity index is 944. The van der Waals surface area contributed by atoms with Crippen LogP contribution in [0.15, 0.2) is 54.7 Å². The van der Waals surface area contributed by atoms with E-state index in [-0.39, 0.29) is 5.91 Å². The number of thiazole rings is 1. The lowest BCUT2D eigenvalue weighted by molar-refractivity contribution is -0.116. The molecule has 0 spiro atoms. The molecule has 1 amide bonds. The quantitative estimate of drug-likeness (QED) is 0.665. The number of aromatic nitrogens is 1. The average Bonchev–Trinajstić information content (AvgIpc) is 3.07. The second-order valence-corrected chi connectivity index (χ2v) is 7.35. The van der Waals surface area contributed by atoms with Crippen LogP contribution in [0, 0.1) is 11.3 Å². The van der Waals surface area contributed by atoms with Gasteiger partial charge in [-0.1, -0.05) is 35.9 Å². The second-order valence-electron chi connectivity index (χ2n) is 5.80. The highest BCUT2D eigenvalue weighted by atomic mass is 35.5. The van der Waals surface area contributed by atoms with Gasteiger partial charge in [0, 0.05) is 28.9 Å². The van der Waals surface area contributed by atoms with Crippen LogP contribution in [0.2, 0.25) is 5.02 Å². The van der Waals surface area contributed by atoms with Gasteiger partial charge in [0.05, 0.1) is 11.6 Å². The van der Waals surface area contributed by atoms with Crippen molar-refractivity contribution >= 4 is 34.0 Å². The van der Waals surface area contributed by atoms with Gasteiger partial charge in [0.15, 0.2) is 5.13 Å². The standard InChI is InChI=1S/C20H16ClN3OS/c21-17-3-1-2-16(10-17)11-18-13-23-20(26-18)24-19(25)9-8-14-4-6-15(12-22)7-5-14/h1-7,10,13H,8-9,11H2,(H,23,24,25). The van der Waals surface area contributed by atoms with Crippen LogP contribution in [0.5, 0.6) is 0 Å². The lowest BCUT2D eigenvalue weighted by atomic mass is 10.1. The molecule has 3 rings (SSSR count). The molecule has 26 heavy (non-hydrogen) atoms. The first-order chi connectivity index (χ1) is 12.6. The lowest BCUT2D eigenvalue weighted by Gasteiger charge is -2.02. The molecule has 4 nitrogen and oxygen atoms in total. The highest BCUT2D eigenvalue weighted by molar-refractivity contribution is 7.15. The molecular weight excluding hydrogens is 366 g/mol. The van der Waals surface area contributed by atoms with Crippen LogP contribution in [0.3, 0.4) is 0 Å². The fraction of sp³-hybridized carbons (Fsp3) is 0.150. The molecule has 1 heterocycles. The number of hydrogen-bond acceptors (Lipinski definition) is 4. The first-order valence-electron chi connectivity index (χ1n) is 8.10. The molecule has 0 bridgehead atoms. The maximum Gasteiger partial charge on any atom is 0.226 e. The molecule has 2 aromatic carbocycles. The fourth-order valence-corrected chi connectivity index (χ4v) is 3.56. The Balaban J connectivity index is 1.51. The maximum atomic E-state index is 12.1. The van der Waals surface area contributed by atoms with Gasteiger partial charge in [0.1, 0.15) is 0 Å². The summed E-state index contributed by atoms with van der Waals surface area (Å²) in [6, 6.07) is 17.1. The van der Waals surface area contributed by atoms with Crippen molar-refractivity contribution in [3.63, 3.8) is 0 Å². The minimum Gasteiger partial charge on any atom is -0.302 e. The van der Waals surface area contributed by atoms with Crippen LogP contribution in [0.1, 0.15) is 28.0 Å². The first-order valence-corrected chi connectivity index (χ1v) is 9.30. The third-order valence-corrected chi connectivity index (χ3v) is 4.94. The zero-order valence-corrected chi connectivity index (χ0v) is 15.5. The van der Waals surface area contributed by atoms with Gasteiger partial charge in [0.2, 0.25) is 5.91 Å². The van der Waals surface area contributed by atoms with E-state index in [0.29, 0.717) is 28.6 Å². The number of hydrogen-bond donors (Lipinski definition) is 1. The van der Waals surface area contributed by atoms with Crippen LogP contribution >= 0.6 is 22.9 Å². The van der Waals surface area contributed by atoms with Crippen molar-refractivity contribution in [2.24, 2.45) is 0 Å². The Kier molecular flexibility index (Phi) is 6.00. The third-order valence-electron chi connectivity index (χ3n) is 3.79. The van der Waals surface area contributed by atoms with Crippen LogP contribution in [0.4, 0.5) is 5.13 Å². The molecule has 1 N–H and O–H groups in total. The van der Waals surface area contributed by atoms with Crippen LogP contribution in [-0.2, 0) is 17.6 Å². The van der Waals surface area contributed by atoms with Crippen molar-refractivity contribution < 1.29 is 4.79 Å². The molecule has 0 saturated carbocycles. The SMILES string of the molecule is N#Cc1ccc(CCC(=O)Nc2ncc(Cc3cccc(Cl)c3)s2)cc1. The normalized spacial score (nSPS) is 10.3. The number of carbonyl (C=O) groups is 1. The Hall–Kier alpha value is -2.68. The largest absolute Gasteiger partial charge is 0.302 e. The number of nitriles is 1. The monoisotopic (exact) mass is 381 g/mol. The van der Waals surface area contributed by atoms with Crippen molar-refractivity contribution in [1.29, 1.82) is 5.26 Å². The van der Waals surface area contributed by atoms with E-state index in [4.69, 9.17) is 16.9 Å². The highest BCUT2D eigenvalue weighted by Crippen LogP contribution is 2.22. The molecule has 0 atom stereocenters. The van der Waals surface area contributed by atoms with Crippen molar-refractivity contribution in [2.75, 3.05) is 5.32 Å². The van der Waals surface area contributed by atoms with E-state index in [0.717, 1.165) is 22.4 Å². The predicted molar refractivity (Wildman–Crippen MR) is 104 cm³/mol. The summed E-state index contributed by atoms with van der Waals surface area (Å²) in [4.78, 5) is 17.4. The van der Waals surface area contributed by atoms with Gasteiger partial charge in [-0.25, -0.2) is 4.98 Å². The molecule has 3 aromatic rings. The molecule has 0 aliphatic heterocycles. The summed E-state index contributed by atoms with van der Waals surface area (Å²) in [6.45, 7) is 0. The third kappa shape index (κ3) is 5.16. The van der Waals surface area contributed by atoms with Gasteiger partial charge in [-0.05, 0) is 41.8 Å². The van der Waals surface area contributed by atoms with E-state index in [2.05, 4.69) is 16.4 Å². The molecule has 0 aliphatic carbocycles. The number of amides is 1. The summed E-state index contributed by atoms with van der Waals surface area (Å²) < 4.78 is 0. The highest BCUT2D eigenvalue weighted by Gasteiger charge is 2.08. The van der Waals surface area contributed by atoms with E-state index in [1.165, 1.54) is 11.3 Å². The summed E-state index contributed by atoms with van der Waals surface area (Å²) in [6.07, 6.45) is 3.51. The van der Waals surface area contributed by atoms with Gasteiger partial charge >= 0.3 is 0 Å². The van der Waals surface area contributed by atoms with E-state index >= 15 is 0 Å². The molecule has 0 unspecified atom stereocenters. The predicted octanol–water partition coefficient (Wildman–Crippen LogP) is 4.83. The summed E-state index contributed by atoms with van der Waals surface area (Å²) >= 11 is 7.47. The number of halogens is 1. The number of rotatable bonds is 6. The van der Waals surface area contributed by atoms with Gasteiger partial charge in [-0.2, -0.15) is 5.26 Å². The van der Waals surface area contributed by atoms with Crippen LogP contribution in [0.25, 0.3) is 0 Å². The number of benzene rings is 2. The van der Waals surface area contributed by atoms with Gasteiger partial charge in [-0.15, -0.1) is 11.3 Å².